The van der Waals surface area contributed by atoms with Crippen molar-refractivity contribution in [2.24, 2.45) is 0 Å². The van der Waals surface area contributed by atoms with E-state index in [0.717, 1.165) is 5.56 Å². The van der Waals surface area contributed by atoms with E-state index in [0.29, 0.717) is 17.3 Å². The lowest BCUT2D eigenvalue weighted by molar-refractivity contribution is 0.0348. The molecule has 0 spiro atoms. The van der Waals surface area contributed by atoms with Crippen molar-refractivity contribution in [2.45, 2.75) is 12.7 Å². The molecule has 0 heterocycles. The number of para-hydroxylation sites is 1. The first kappa shape index (κ1) is 15.8. The Hall–Kier alpha value is -1.62. The molecule has 0 aliphatic carbocycles. The van der Waals surface area contributed by atoms with Gasteiger partial charge in [-0.05, 0) is 23.8 Å². The molecule has 0 aliphatic heterocycles. The third-order valence-corrected chi connectivity index (χ3v) is 3.30. The fourth-order valence-electron chi connectivity index (χ4n) is 1.81. The topological polar surface area (TPSA) is 41.5 Å². The molecule has 0 aromatic heterocycles. The standard InChI is InChI=1S/C16H17ClFNO2/c17-14-6-2-1-5-12(14)10-21-11-13(20)9-19-16-8-4-3-7-15(16)18/h1-8,13,19-20H,9-11H2. The van der Waals surface area contributed by atoms with E-state index in [1.165, 1.54) is 6.07 Å². The van der Waals surface area contributed by atoms with E-state index in [-0.39, 0.29) is 19.0 Å². The number of hydrogen-bond acceptors (Lipinski definition) is 3. The fourth-order valence-corrected chi connectivity index (χ4v) is 2.00. The van der Waals surface area contributed by atoms with Gasteiger partial charge in [0, 0.05) is 11.6 Å². The summed E-state index contributed by atoms with van der Waals surface area (Å²) in [6, 6.07) is 13.7. The van der Waals surface area contributed by atoms with Gasteiger partial charge in [-0.1, -0.05) is 41.9 Å². The van der Waals surface area contributed by atoms with Gasteiger partial charge in [0.25, 0.3) is 0 Å². The zero-order valence-corrected chi connectivity index (χ0v) is 12.2. The van der Waals surface area contributed by atoms with Crippen LogP contribution in [-0.4, -0.2) is 24.4 Å². The molecule has 2 aromatic carbocycles. The zero-order valence-electron chi connectivity index (χ0n) is 11.4. The normalized spacial score (nSPS) is 12.1. The molecule has 2 aromatic rings. The monoisotopic (exact) mass is 309 g/mol. The Morgan fingerprint density at radius 3 is 2.62 bits per heavy atom. The second-order valence-electron chi connectivity index (χ2n) is 4.62. The molecule has 0 radical (unpaired) electrons. The maximum absolute atomic E-state index is 13.4. The van der Waals surface area contributed by atoms with Crippen molar-refractivity contribution < 1.29 is 14.2 Å². The molecular formula is C16H17ClFNO2. The van der Waals surface area contributed by atoms with E-state index in [9.17, 15) is 9.50 Å². The van der Waals surface area contributed by atoms with Gasteiger partial charge in [-0.3, -0.25) is 0 Å². The minimum absolute atomic E-state index is 0.146. The fraction of sp³-hybridized carbons (Fsp3) is 0.250. The highest BCUT2D eigenvalue weighted by Gasteiger charge is 2.07. The summed E-state index contributed by atoms with van der Waals surface area (Å²) in [4.78, 5) is 0. The summed E-state index contributed by atoms with van der Waals surface area (Å²) in [7, 11) is 0. The first-order chi connectivity index (χ1) is 10.2. The second kappa shape index (κ2) is 7.98. The predicted octanol–water partition coefficient (Wildman–Crippen LogP) is 3.47. The maximum Gasteiger partial charge on any atom is 0.146 e. The van der Waals surface area contributed by atoms with Crippen molar-refractivity contribution in [2.75, 3.05) is 18.5 Å². The number of aliphatic hydroxyl groups is 1. The zero-order chi connectivity index (χ0) is 15.1. The molecule has 0 bridgehead atoms. The van der Waals surface area contributed by atoms with Crippen molar-refractivity contribution in [1.82, 2.24) is 0 Å². The molecule has 0 saturated heterocycles. The summed E-state index contributed by atoms with van der Waals surface area (Å²) in [5.74, 6) is -0.346. The number of halogens is 2. The molecule has 112 valence electrons. The third kappa shape index (κ3) is 5.01. The molecule has 5 heteroatoms. The van der Waals surface area contributed by atoms with Crippen LogP contribution >= 0.6 is 11.6 Å². The third-order valence-electron chi connectivity index (χ3n) is 2.93. The van der Waals surface area contributed by atoms with E-state index >= 15 is 0 Å². The first-order valence-electron chi connectivity index (χ1n) is 6.64. The highest BCUT2D eigenvalue weighted by molar-refractivity contribution is 6.31. The predicted molar refractivity (Wildman–Crippen MR) is 82.0 cm³/mol. The molecule has 2 N–H and O–H groups in total. The van der Waals surface area contributed by atoms with Crippen molar-refractivity contribution in [3.05, 3.63) is 64.9 Å². The van der Waals surface area contributed by atoms with Gasteiger partial charge in [0.05, 0.1) is 25.0 Å². The lowest BCUT2D eigenvalue weighted by Gasteiger charge is -2.14. The molecule has 1 atom stereocenters. The van der Waals surface area contributed by atoms with E-state index in [1.807, 2.05) is 18.2 Å². The van der Waals surface area contributed by atoms with Crippen LogP contribution in [0.3, 0.4) is 0 Å². The molecule has 2 rings (SSSR count). The van der Waals surface area contributed by atoms with Gasteiger partial charge in [-0.2, -0.15) is 0 Å². The van der Waals surface area contributed by atoms with Crippen LogP contribution < -0.4 is 5.32 Å². The Morgan fingerprint density at radius 2 is 1.86 bits per heavy atom. The minimum atomic E-state index is -0.730. The summed E-state index contributed by atoms with van der Waals surface area (Å²) in [5.41, 5.74) is 1.23. The van der Waals surface area contributed by atoms with Gasteiger partial charge >= 0.3 is 0 Å². The Labute approximate surface area is 128 Å². The van der Waals surface area contributed by atoms with Crippen molar-refractivity contribution >= 4 is 17.3 Å². The quantitative estimate of drug-likeness (QED) is 0.823. The molecule has 0 aliphatic rings. The van der Waals surface area contributed by atoms with E-state index in [2.05, 4.69) is 5.32 Å². The number of aliphatic hydroxyl groups excluding tert-OH is 1. The Morgan fingerprint density at radius 1 is 1.14 bits per heavy atom. The summed E-state index contributed by atoms with van der Waals surface area (Å²) in [6.45, 7) is 0.687. The molecule has 1 unspecified atom stereocenters. The van der Waals surface area contributed by atoms with Crippen LogP contribution in [0.25, 0.3) is 0 Å². The number of benzene rings is 2. The molecule has 21 heavy (non-hydrogen) atoms. The molecular weight excluding hydrogens is 293 g/mol. The number of rotatable bonds is 7. The average molecular weight is 310 g/mol. The number of anilines is 1. The van der Waals surface area contributed by atoms with Crippen LogP contribution in [0, 0.1) is 5.82 Å². The van der Waals surface area contributed by atoms with E-state index < -0.39 is 6.10 Å². The van der Waals surface area contributed by atoms with Crippen LogP contribution in [0.15, 0.2) is 48.5 Å². The first-order valence-corrected chi connectivity index (χ1v) is 7.02. The van der Waals surface area contributed by atoms with Crippen molar-refractivity contribution in [3.8, 4) is 0 Å². The Bertz CT molecular complexity index is 580. The van der Waals surface area contributed by atoms with Crippen LogP contribution in [-0.2, 0) is 11.3 Å². The van der Waals surface area contributed by atoms with Gasteiger partial charge in [0.15, 0.2) is 0 Å². The van der Waals surface area contributed by atoms with Gasteiger partial charge in [-0.15, -0.1) is 0 Å². The Kier molecular flexibility index (Phi) is 5.99. The minimum Gasteiger partial charge on any atom is -0.389 e. The van der Waals surface area contributed by atoms with Crippen LogP contribution in [0.2, 0.25) is 5.02 Å². The lowest BCUT2D eigenvalue weighted by Crippen LogP contribution is -2.25. The largest absolute Gasteiger partial charge is 0.389 e. The molecule has 0 fully saturated rings. The molecule has 3 nitrogen and oxygen atoms in total. The lowest BCUT2D eigenvalue weighted by atomic mass is 10.2. The van der Waals surface area contributed by atoms with Crippen molar-refractivity contribution in [3.63, 3.8) is 0 Å². The molecule has 0 saturated carbocycles. The average Bonchev–Trinajstić information content (AvgIpc) is 2.48. The second-order valence-corrected chi connectivity index (χ2v) is 5.03. The van der Waals surface area contributed by atoms with E-state index in [4.69, 9.17) is 16.3 Å². The summed E-state index contributed by atoms with van der Waals surface area (Å²) < 4.78 is 18.8. The summed E-state index contributed by atoms with van der Waals surface area (Å²) >= 11 is 6.00. The maximum atomic E-state index is 13.4. The van der Waals surface area contributed by atoms with Gasteiger partial charge in [0.2, 0.25) is 0 Å². The van der Waals surface area contributed by atoms with Gasteiger partial charge in [-0.25, -0.2) is 4.39 Å². The van der Waals surface area contributed by atoms with Crippen LogP contribution in [0.5, 0.6) is 0 Å². The summed E-state index contributed by atoms with van der Waals surface area (Å²) in [6.07, 6.45) is -0.730. The Balaban J connectivity index is 1.72. The van der Waals surface area contributed by atoms with Gasteiger partial charge < -0.3 is 15.2 Å². The highest BCUT2D eigenvalue weighted by atomic mass is 35.5. The van der Waals surface area contributed by atoms with E-state index in [1.54, 1.807) is 24.3 Å². The SMILES string of the molecule is OC(CNc1ccccc1F)COCc1ccccc1Cl. The number of nitrogens with one attached hydrogen (secondary N) is 1. The number of ether oxygens (including phenoxy) is 1. The number of hydrogen-bond donors (Lipinski definition) is 2. The summed E-state index contributed by atoms with van der Waals surface area (Å²) in [5, 5.41) is 13.3. The highest BCUT2D eigenvalue weighted by Crippen LogP contribution is 2.16. The smallest absolute Gasteiger partial charge is 0.146 e. The molecule has 0 amide bonds. The van der Waals surface area contributed by atoms with Crippen LogP contribution in [0.1, 0.15) is 5.56 Å². The van der Waals surface area contributed by atoms with Crippen molar-refractivity contribution in [1.29, 1.82) is 0 Å². The van der Waals surface area contributed by atoms with Gasteiger partial charge in [0.1, 0.15) is 5.82 Å². The van der Waals surface area contributed by atoms with Crippen LogP contribution in [0.4, 0.5) is 10.1 Å².